The van der Waals surface area contributed by atoms with E-state index in [1.807, 2.05) is 24.3 Å². The van der Waals surface area contributed by atoms with Crippen molar-refractivity contribution in [1.82, 2.24) is 0 Å². The van der Waals surface area contributed by atoms with Gasteiger partial charge in [-0.3, -0.25) is 0 Å². The fraction of sp³-hybridized carbons (Fsp3) is 0.385. The molecule has 1 aromatic carbocycles. The van der Waals surface area contributed by atoms with E-state index in [9.17, 15) is 0 Å². The summed E-state index contributed by atoms with van der Waals surface area (Å²) in [5.74, 6) is 2.83. The zero-order chi connectivity index (χ0) is 12.1. The number of alkyl halides is 1. The van der Waals surface area contributed by atoms with Gasteiger partial charge >= 0.3 is 0 Å². The molecule has 0 atom stereocenters. The Balaban J connectivity index is 2.21. The second kappa shape index (κ2) is 5.82. The molecule has 17 heavy (non-hydrogen) atoms. The Labute approximate surface area is 106 Å². The summed E-state index contributed by atoms with van der Waals surface area (Å²) in [5, 5.41) is 0. The van der Waals surface area contributed by atoms with Crippen LogP contribution in [0.25, 0.3) is 6.08 Å². The summed E-state index contributed by atoms with van der Waals surface area (Å²) >= 11 is 5.61. The average molecular weight is 255 g/mol. The molecule has 0 bridgehead atoms. The maximum Gasteiger partial charge on any atom is 0.164 e. The molecule has 1 aliphatic rings. The molecule has 0 saturated carbocycles. The number of halogens is 1. The van der Waals surface area contributed by atoms with Crippen molar-refractivity contribution in [2.75, 3.05) is 26.2 Å². The van der Waals surface area contributed by atoms with E-state index >= 15 is 0 Å². The van der Waals surface area contributed by atoms with Crippen LogP contribution in [0.3, 0.4) is 0 Å². The molecule has 1 aliphatic heterocycles. The van der Waals surface area contributed by atoms with Gasteiger partial charge in [0.15, 0.2) is 11.5 Å². The molecule has 0 fully saturated rings. The largest absolute Gasteiger partial charge is 0.493 e. The highest BCUT2D eigenvalue weighted by atomic mass is 35.5. The minimum Gasteiger partial charge on any atom is -0.493 e. The van der Waals surface area contributed by atoms with Gasteiger partial charge in [0.1, 0.15) is 12.4 Å². The van der Waals surface area contributed by atoms with Gasteiger partial charge in [-0.05, 0) is 18.6 Å². The standard InChI is InChI=1S/C13H15ClO3/c1-15-12-8-10-4-2-6-16-11(10)9-13(12)17-7-3-5-14/h2,4,8-9H,3,5-7H2,1H3. The van der Waals surface area contributed by atoms with Crippen molar-refractivity contribution in [2.45, 2.75) is 6.42 Å². The van der Waals surface area contributed by atoms with Crippen molar-refractivity contribution >= 4 is 17.7 Å². The first-order valence-electron chi connectivity index (χ1n) is 5.55. The molecule has 2 rings (SSSR count). The lowest BCUT2D eigenvalue weighted by atomic mass is 10.1. The van der Waals surface area contributed by atoms with E-state index in [2.05, 4.69) is 0 Å². The van der Waals surface area contributed by atoms with Gasteiger partial charge in [-0.25, -0.2) is 0 Å². The van der Waals surface area contributed by atoms with Gasteiger partial charge in [-0.1, -0.05) is 6.08 Å². The van der Waals surface area contributed by atoms with Crippen molar-refractivity contribution in [3.8, 4) is 17.2 Å². The molecule has 0 saturated heterocycles. The second-order valence-electron chi connectivity index (χ2n) is 3.65. The normalized spacial score (nSPS) is 12.8. The maximum absolute atomic E-state index is 5.62. The van der Waals surface area contributed by atoms with E-state index < -0.39 is 0 Å². The van der Waals surface area contributed by atoms with E-state index in [1.165, 1.54) is 0 Å². The molecule has 0 aliphatic carbocycles. The lowest BCUT2D eigenvalue weighted by Gasteiger charge is -2.17. The summed E-state index contributed by atoms with van der Waals surface area (Å²) in [6, 6.07) is 3.78. The van der Waals surface area contributed by atoms with Gasteiger partial charge in [-0.15, -0.1) is 11.6 Å². The summed E-state index contributed by atoms with van der Waals surface area (Å²) in [6.07, 6.45) is 4.79. The molecular weight excluding hydrogens is 240 g/mol. The Kier molecular flexibility index (Phi) is 4.15. The number of hydrogen-bond donors (Lipinski definition) is 0. The molecule has 0 radical (unpaired) electrons. The summed E-state index contributed by atoms with van der Waals surface area (Å²) < 4.78 is 16.4. The van der Waals surface area contributed by atoms with Gasteiger partial charge in [0.2, 0.25) is 0 Å². The quantitative estimate of drug-likeness (QED) is 0.597. The number of methoxy groups -OCH3 is 1. The number of rotatable bonds is 5. The maximum atomic E-state index is 5.62. The first kappa shape index (κ1) is 12.1. The van der Waals surface area contributed by atoms with Crippen molar-refractivity contribution in [2.24, 2.45) is 0 Å². The molecule has 1 heterocycles. The molecule has 0 spiro atoms. The molecule has 0 aromatic heterocycles. The zero-order valence-corrected chi connectivity index (χ0v) is 10.5. The highest BCUT2D eigenvalue weighted by Gasteiger charge is 2.13. The number of benzene rings is 1. The summed E-state index contributed by atoms with van der Waals surface area (Å²) in [6.45, 7) is 1.18. The second-order valence-corrected chi connectivity index (χ2v) is 4.02. The van der Waals surface area contributed by atoms with Crippen LogP contribution in [0, 0.1) is 0 Å². The Hall–Kier alpha value is -1.35. The molecule has 92 valence electrons. The van der Waals surface area contributed by atoms with Gasteiger partial charge in [0.25, 0.3) is 0 Å². The molecule has 3 nitrogen and oxygen atoms in total. The monoisotopic (exact) mass is 254 g/mol. The van der Waals surface area contributed by atoms with Crippen molar-refractivity contribution in [3.63, 3.8) is 0 Å². The fourth-order valence-corrected chi connectivity index (χ4v) is 1.74. The smallest absolute Gasteiger partial charge is 0.164 e. The lowest BCUT2D eigenvalue weighted by molar-refractivity contribution is 0.290. The van der Waals surface area contributed by atoms with Gasteiger partial charge in [0, 0.05) is 17.5 Å². The first-order valence-corrected chi connectivity index (χ1v) is 6.08. The van der Waals surface area contributed by atoms with Crippen LogP contribution >= 0.6 is 11.6 Å². The third-order valence-electron chi connectivity index (χ3n) is 2.46. The third-order valence-corrected chi connectivity index (χ3v) is 2.73. The molecule has 4 heteroatoms. The minimum absolute atomic E-state index is 0.578. The SMILES string of the molecule is COc1cc2c(cc1OCCCCl)OCC=C2. The minimum atomic E-state index is 0.578. The number of hydrogen-bond acceptors (Lipinski definition) is 3. The first-order chi connectivity index (χ1) is 8.35. The summed E-state index contributed by atoms with van der Waals surface area (Å²) in [7, 11) is 1.63. The zero-order valence-electron chi connectivity index (χ0n) is 9.74. The van der Waals surface area contributed by atoms with Crippen LogP contribution in [0.1, 0.15) is 12.0 Å². The van der Waals surface area contributed by atoms with Crippen molar-refractivity contribution in [3.05, 3.63) is 23.8 Å². The predicted molar refractivity (Wildman–Crippen MR) is 68.4 cm³/mol. The number of ether oxygens (including phenoxy) is 3. The van der Waals surface area contributed by atoms with Gasteiger partial charge in [-0.2, -0.15) is 0 Å². The van der Waals surface area contributed by atoms with Crippen LogP contribution in [-0.2, 0) is 0 Å². The summed E-state index contributed by atoms with van der Waals surface area (Å²) in [4.78, 5) is 0. The van der Waals surface area contributed by atoms with Gasteiger partial charge in [0.05, 0.1) is 13.7 Å². The third kappa shape index (κ3) is 2.86. The van der Waals surface area contributed by atoms with Crippen LogP contribution in [0.4, 0.5) is 0 Å². The fourth-order valence-electron chi connectivity index (χ4n) is 1.63. The topological polar surface area (TPSA) is 27.7 Å². The molecule has 0 N–H and O–H groups in total. The number of fused-ring (bicyclic) bond motifs is 1. The van der Waals surface area contributed by atoms with Crippen LogP contribution in [0.2, 0.25) is 0 Å². The average Bonchev–Trinajstić information content (AvgIpc) is 2.38. The highest BCUT2D eigenvalue weighted by Crippen LogP contribution is 2.36. The molecular formula is C13H15ClO3. The van der Waals surface area contributed by atoms with Crippen LogP contribution in [-0.4, -0.2) is 26.2 Å². The Morgan fingerprint density at radius 1 is 1.35 bits per heavy atom. The van der Waals surface area contributed by atoms with Crippen molar-refractivity contribution in [1.29, 1.82) is 0 Å². The van der Waals surface area contributed by atoms with E-state index in [0.29, 0.717) is 30.6 Å². The molecule has 0 unspecified atom stereocenters. The Morgan fingerprint density at radius 2 is 2.24 bits per heavy atom. The van der Waals surface area contributed by atoms with Crippen LogP contribution in [0.5, 0.6) is 17.2 Å². The van der Waals surface area contributed by atoms with Gasteiger partial charge < -0.3 is 14.2 Å². The van der Waals surface area contributed by atoms with E-state index in [0.717, 1.165) is 17.7 Å². The van der Waals surface area contributed by atoms with Crippen molar-refractivity contribution < 1.29 is 14.2 Å². The Bertz CT molecular complexity index is 415. The highest BCUT2D eigenvalue weighted by molar-refractivity contribution is 6.17. The lowest BCUT2D eigenvalue weighted by Crippen LogP contribution is -2.04. The van der Waals surface area contributed by atoms with E-state index in [1.54, 1.807) is 7.11 Å². The summed E-state index contributed by atoms with van der Waals surface area (Å²) in [5.41, 5.74) is 1.01. The Morgan fingerprint density at radius 3 is 3.00 bits per heavy atom. The molecule has 0 amide bonds. The predicted octanol–water partition coefficient (Wildman–Crippen LogP) is 3.11. The van der Waals surface area contributed by atoms with E-state index in [4.69, 9.17) is 25.8 Å². The van der Waals surface area contributed by atoms with E-state index in [-0.39, 0.29) is 0 Å². The van der Waals surface area contributed by atoms with Crippen LogP contribution < -0.4 is 14.2 Å². The van der Waals surface area contributed by atoms with Crippen LogP contribution in [0.15, 0.2) is 18.2 Å². The molecule has 1 aromatic rings.